The van der Waals surface area contributed by atoms with Gasteiger partial charge in [-0.15, -0.1) is 13.2 Å². The third-order valence-electron chi connectivity index (χ3n) is 5.03. The maximum Gasteiger partial charge on any atom is 0.573 e. The van der Waals surface area contributed by atoms with Crippen LogP contribution in [0.5, 0.6) is 11.5 Å². The topological polar surface area (TPSA) is 18.5 Å². The second-order valence-electron chi connectivity index (χ2n) is 6.75. The van der Waals surface area contributed by atoms with Gasteiger partial charge in [-0.3, -0.25) is 0 Å². The predicted molar refractivity (Wildman–Crippen MR) is 81.8 cm³/mol. The summed E-state index contributed by atoms with van der Waals surface area (Å²) < 4.78 is 48.4. The second-order valence-corrected chi connectivity index (χ2v) is 6.75. The summed E-state index contributed by atoms with van der Waals surface area (Å²) in [6, 6.07) is 3.56. The molecule has 2 aliphatic carbocycles. The van der Waals surface area contributed by atoms with Gasteiger partial charge in [0, 0.05) is 0 Å². The predicted octanol–water partition coefficient (Wildman–Crippen LogP) is 5.56. The SMILES string of the molecule is Cc1c(CC2CCCC2)ccc(OC2CCC2)c1OC(F)(F)F. The van der Waals surface area contributed by atoms with Gasteiger partial charge in [0.15, 0.2) is 11.5 Å². The van der Waals surface area contributed by atoms with Gasteiger partial charge in [-0.25, -0.2) is 0 Å². The highest BCUT2D eigenvalue weighted by Crippen LogP contribution is 2.41. The van der Waals surface area contributed by atoms with E-state index in [-0.39, 0.29) is 17.6 Å². The van der Waals surface area contributed by atoms with Gasteiger partial charge in [-0.2, -0.15) is 0 Å². The van der Waals surface area contributed by atoms with Crippen molar-refractivity contribution in [3.8, 4) is 11.5 Å². The van der Waals surface area contributed by atoms with Crippen molar-refractivity contribution in [1.29, 1.82) is 0 Å². The monoisotopic (exact) mass is 328 g/mol. The fraction of sp³-hybridized carbons (Fsp3) is 0.667. The van der Waals surface area contributed by atoms with E-state index in [1.165, 1.54) is 12.8 Å². The Morgan fingerprint density at radius 3 is 2.30 bits per heavy atom. The Bertz CT molecular complexity index is 544. The molecule has 5 heteroatoms. The van der Waals surface area contributed by atoms with Crippen LogP contribution in [-0.4, -0.2) is 12.5 Å². The molecule has 0 aromatic heterocycles. The van der Waals surface area contributed by atoms with Gasteiger partial charge in [-0.05, 0) is 55.7 Å². The molecule has 0 radical (unpaired) electrons. The van der Waals surface area contributed by atoms with Crippen LogP contribution in [0.3, 0.4) is 0 Å². The number of rotatable bonds is 5. The Labute approximate surface area is 135 Å². The van der Waals surface area contributed by atoms with Gasteiger partial charge in [0.05, 0.1) is 6.10 Å². The smallest absolute Gasteiger partial charge is 0.487 e. The molecule has 0 amide bonds. The van der Waals surface area contributed by atoms with Gasteiger partial charge in [0.25, 0.3) is 0 Å². The molecule has 0 atom stereocenters. The highest BCUT2D eigenvalue weighted by molar-refractivity contribution is 5.50. The first kappa shape index (κ1) is 16.5. The van der Waals surface area contributed by atoms with Gasteiger partial charge in [0.2, 0.25) is 0 Å². The number of hydrogen-bond acceptors (Lipinski definition) is 2. The third kappa shape index (κ3) is 4.12. The van der Waals surface area contributed by atoms with Crippen LogP contribution < -0.4 is 9.47 Å². The van der Waals surface area contributed by atoms with E-state index >= 15 is 0 Å². The quantitative estimate of drug-likeness (QED) is 0.705. The second kappa shape index (κ2) is 6.62. The molecule has 2 nitrogen and oxygen atoms in total. The Kier molecular flexibility index (Phi) is 4.74. The minimum absolute atomic E-state index is 0.0191. The van der Waals surface area contributed by atoms with Crippen LogP contribution >= 0.6 is 0 Å². The molecular formula is C18H23F3O2. The van der Waals surface area contributed by atoms with Crippen molar-refractivity contribution in [3.05, 3.63) is 23.3 Å². The zero-order valence-electron chi connectivity index (χ0n) is 13.4. The zero-order valence-corrected chi connectivity index (χ0v) is 13.4. The molecule has 2 saturated carbocycles. The number of halogens is 3. The van der Waals surface area contributed by atoms with E-state index in [2.05, 4.69) is 4.74 Å². The standard InChI is InChI=1S/C18H23F3O2/c1-12-14(11-13-5-2-3-6-13)9-10-16(22-15-7-4-8-15)17(12)23-18(19,20)21/h9-10,13,15H,2-8,11H2,1H3. The molecule has 0 spiro atoms. The summed E-state index contributed by atoms with van der Waals surface area (Å²) in [5.74, 6) is 0.644. The van der Waals surface area contributed by atoms with Gasteiger partial charge in [0.1, 0.15) is 0 Å². The van der Waals surface area contributed by atoms with Crippen molar-refractivity contribution in [3.63, 3.8) is 0 Å². The fourth-order valence-corrected chi connectivity index (χ4v) is 3.46. The van der Waals surface area contributed by atoms with Crippen molar-refractivity contribution in [2.75, 3.05) is 0 Å². The molecule has 3 rings (SSSR count). The van der Waals surface area contributed by atoms with E-state index < -0.39 is 6.36 Å². The molecule has 1 aromatic carbocycles. The van der Waals surface area contributed by atoms with Crippen LogP contribution in [0, 0.1) is 12.8 Å². The van der Waals surface area contributed by atoms with E-state index in [1.807, 2.05) is 6.07 Å². The van der Waals surface area contributed by atoms with E-state index in [4.69, 9.17) is 4.74 Å². The zero-order chi connectivity index (χ0) is 16.4. The Morgan fingerprint density at radius 1 is 1.04 bits per heavy atom. The molecule has 0 unspecified atom stereocenters. The van der Waals surface area contributed by atoms with Gasteiger partial charge < -0.3 is 9.47 Å². The van der Waals surface area contributed by atoms with Crippen LogP contribution in [0.4, 0.5) is 13.2 Å². The van der Waals surface area contributed by atoms with E-state index in [1.54, 1.807) is 13.0 Å². The minimum Gasteiger partial charge on any atom is -0.487 e. The van der Waals surface area contributed by atoms with Crippen molar-refractivity contribution < 1.29 is 22.6 Å². The number of benzene rings is 1. The van der Waals surface area contributed by atoms with Crippen molar-refractivity contribution in [1.82, 2.24) is 0 Å². The van der Waals surface area contributed by atoms with Crippen LogP contribution in [0.25, 0.3) is 0 Å². The molecule has 23 heavy (non-hydrogen) atoms. The Hall–Kier alpha value is -1.39. The molecule has 128 valence electrons. The maximum atomic E-state index is 12.8. The van der Waals surface area contributed by atoms with Crippen LogP contribution in [0.1, 0.15) is 56.1 Å². The summed E-state index contributed by atoms with van der Waals surface area (Å²) in [5, 5.41) is 0. The average Bonchev–Trinajstić information content (AvgIpc) is 2.92. The lowest BCUT2D eigenvalue weighted by Crippen LogP contribution is -2.26. The molecule has 0 N–H and O–H groups in total. The summed E-state index contributed by atoms with van der Waals surface area (Å²) in [7, 11) is 0. The van der Waals surface area contributed by atoms with Crippen molar-refractivity contribution in [2.24, 2.45) is 5.92 Å². The molecule has 2 fully saturated rings. The lowest BCUT2D eigenvalue weighted by atomic mass is 9.94. The molecular weight excluding hydrogens is 305 g/mol. The van der Waals surface area contributed by atoms with Crippen LogP contribution in [-0.2, 0) is 6.42 Å². The molecule has 0 heterocycles. The van der Waals surface area contributed by atoms with E-state index in [9.17, 15) is 13.2 Å². The first-order valence-electron chi connectivity index (χ1n) is 8.47. The normalized spacial score (nSPS) is 19.7. The molecule has 1 aromatic rings. The summed E-state index contributed by atoms with van der Waals surface area (Å²) in [4.78, 5) is 0. The number of ether oxygens (including phenoxy) is 2. The number of hydrogen-bond donors (Lipinski definition) is 0. The number of alkyl halides is 3. The lowest BCUT2D eigenvalue weighted by molar-refractivity contribution is -0.275. The summed E-state index contributed by atoms with van der Waals surface area (Å²) >= 11 is 0. The Balaban J connectivity index is 1.84. The fourth-order valence-electron chi connectivity index (χ4n) is 3.46. The summed E-state index contributed by atoms with van der Waals surface area (Å²) in [6.45, 7) is 1.71. The average molecular weight is 328 g/mol. The molecule has 0 bridgehead atoms. The van der Waals surface area contributed by atoms with Gasteiger partial charge >= 0.3 is 6.36 Å². The molecule has 2 aliphatic rings. The van der Waals surface area contributed by atoms with Gasteiger partial charge in [-0.1, -0.05) is 31.7 Å². The first-order chi connectivity index (χ1) is 10.9. The minimum atomic E-state index is -4.70. The molecule has 0 saturated heterocycles. The highest BCUT2D eigenvalue weighted by Gasteiger charge is 2.34. The molecule has 0 aliphatic heterocycles. The highest BCUT2D eigenvalue weighted by atomic mass is 19.4. The summed E-state index contributed by atoms with van der Waals surface area (Å²) in [5.41, 5.74) is 1.50. The van der Waals surface area contributed by atoms with Crippen LogP contribution in [0.2, 0.25) is 0 Å². The largest absolute Gasteiger partial charge is 0.573 e. The summed E-state index contributed by atoms with van der Waals surface area (Å²) in [6.07, 6.45) is 3.77. The van der Waals surface area contributed by atoms with Crippen LogP contribution in [0.15, 0.2) is 12.1 Å². The van der Waals surface area contributed by atoms with Crippen molar-refractivity contribution >= 4 is 0 Å². The maximum absolute atomic E-state index is 12.8. The van der Waals surface area contributed by atoms with Crippen molar-refractivity contribution in [2.45, 2.75) is 70.8 Å². The third-order valence-corrected chi connectivity index (χ3v) is 5.03. The first-order valence-corrected chi connectivity index (χ1v) is 8.47. The lowest BCUT2D eigenvalue weighted by Gasteiger charge is -2.28. The Morgan fingerprint density at radius 2 is 1.74 bits per heavy atom. The van der Waals surface area contributed by atoms with E-state index in [0.29, 0.717) is 11.5 Å². The van der Waals surface area contributed by atoms with E-state index in [0.717, 1.165) is 44.1 Å².